The number of ether oxygens (including phenoxy) is 2. The zero-order valence-electron chi connectivity index (χ0n) is 14.9. The largest absolute Gasteiger partial charge is 0.447 e. The molecule has 0 saturated heterocycles. The lowest BCUT2D eigenvalue weighted by molar-refractivity contribution is -0.158. The Kier molecular flexibility index (Phi) is 6.71. The molecule has 0 saturated carbocycles. The number of azo groups is 1. The Bertz CT molecular complexity index is 870. The van der Waals surface area contributed by atoms with Crippen LogP contribution in [0.15, 0.2) is 70.9 Å². The van der Waals surface area contributed by atoms with Gasteiger partial charge in [0.05, 0.1) is 11.4 Å². The molecule has 1 atom stereocenters. The van der Waals surface area contributed by atoms with Crippen LogP contribution in [0.3, 0.4) is 0 Å². The molecule has 7 heteroatoms. The number of hydrogen-bond acceptors (Lipinski definition) is 7. The van der Waals surface area contributed by atoms with E-state index in [1.165, 1.54) is 13.8 Å². The number of carbonyl (C=O) groups excluding carboxylic acids is 3. The maximum Gasteiger partial charge on any atom is 0.352 e. The topological polar surface area (TPSA) is 94.4 Å². The van der Waals surface area contributed by atoms with Crippen molar-refractivity contribution < 1.29 is 23.9 Å². The molecule has 0 spiro atoms. The predicted octanol–water partition coefficient (Wildman–Crippen LogP) is 4.33. The SMILES string of the molecule is C=C(C)C(=O)O[C@@H](C)C(=O)Oc1ccc(N=Nc2ccc(C=O)cc2)cc1. The van der Waals surface area contributed by atoms with Gasteiger partial charge in [0, 0.05) is 11.1 Å². The Hall–Kier alpha value is -3.61. The van der Waals surface area contributed by atoms with Crippen LogP contribution < -0.4 is 4.74 Å². The van der Waals surface area contributed by atoms with Crippen LogP contribution in [0.5, 0.6) is 5.75 Å². The fourth-order valence-electron chi connectivity index (χ4n) is 1.82. The van der Waals surface area contributed by atoms with Crippen molar-refractivity contribution in [1.29, 1.82) is 0 Å². The van der Waals surface area contributed by atoms with E-state index in [9.17, 15) is 14.4 Å². The Morgan fingerprint density at radius 2 is 1.52 bits per heavy atom. The van der Waals surface area contributed by atoms with Crippen LogP contribution in [-0.2, 0) is 14.3 Å². The fourth-order valence-corrected chi connectivity index (χ4v) is 1.82. The molecule has 0 radical (unpaired) electrons. The summed E-state index contributed by atoms with van der Waals surface area (Å²) >= 11 is 0. The number of aldehydes is 1. The van der Waals surface area contributed by atoms with Crippen LogP contribution in [0, 0.1) is 0 Å². The molecule has 0 aliphatic heterocycles. The van der Waals surface area contributed by atoms with Crippen molar-refractivity contribution in [1.82, 2.24) is 0 Å². The van der Waals surface area contributed by atoms with E-state index in [1.54, 1.807) is 48.5 Å². The maximum atomic E-state index is 11.9. The van der Waals surface area contributed by atoms with Gasteiger partial charge in [-0.2, -0.15) is 10.2 Å². The summed E-state index contributed by atoms with van der Waals surface area (Å²) < 4.78 is 10.1. The summed E-state index contributed by atoms with van der Waals surface area (Å²) in [5.74, 6) is -1.07. The van der Waals surface area contributed by atoms with Crippen molar-refractivity contribution in [3.05, 3.63) is 66.2 Å². The molecule has 0 unspecified atom stereocenters. The number of rotatable bonds is 7. The molecule has 2 aromatic rings. The first kappa shape index (κ1) is 19.7. The van der Waals surface area contributed by atoms with E-state index >= 15 is 0 Å². The normalized spacial score (nSPS) is 11.6. The summed E-state index contributed by atoms with van der Waals surface area (Å²) in [7, 11) is 0. The van der Waals surface area contributed by atoms with Gasteiger partial charge in [-0.1, -0.05) is 6.58 Å². The van der Waals surface area contributed by atoms with Crippen molar-refractivity contribution in [2.24, 2.45) is 10.2 Å². The smallest absolute Gasteiger partial charge is 0.352 e. The van der Waals surface area contributed by atoms with Crippen LogP contribution in [0.4, 0.5) is 11.4 Å². The summed E-state index contributed by atoms with van der Waals surface area (Å²) in [5.41, 5.74) is 1.91. The number of nitrogens with zero attached hydrogens (tertiary/aromatic N) is 2. The van der Waals surface area contributed by atoms with Gasteiger partial charge in [-0.15, -0.1) is 0 Å². The Morgan fingerprint density at radius 1 is 1.00 bits per heavy atom. The number of esters is 2. The van der Waals surface area contributed by atoms with Gasteiger partial charge >= 0.3 is 11.9 Å². The molecule has 0 N–H and O–H groups in total. The van der Waals surface area contributed by atoms with Crippen LogP contribution in [0.2, 0.25) is 0 Å². The molecular weight excluding hydrogens is 348 g/mol. The van der Waals surface area contributed by atoms with Crippen LogP contribution in [0.1, 0.15) is 24.2 Å². The van der Waals surface area contributed by atoms with Crippen molar-refractivity contribution in [3.63, 3.8) is 0 Å². The molecular formula is C20H18N2O5. The van der Waals surface area contributed by atoms with Gasteiger partial charge in [-0.05, 0) is 62.4 Å². The van der Waals surface area contributed by atoms with Crippen LogP contribution in [-0.4, -0.2) is 24.3 Å². The Morgan fingerprint density at radius 3 is 2.00 bits per heavy atom. The van der Waals surface area contributed by atoms with E-state index in [0.717, 1.165) is 6.29 Å². The number of benzene rings is 2. The molecule has 0 bridgehead atoms. The van der Waals surface area contributed by atoms with Crippen LogP contribution in [0.25, 0.3) is 0 Å². The third-order valence-corrected chi connectivity index (χ3v) is 3.33. The first-order valence-electron chi connectivity index (χ1n) is 8.04. The van der Waals surface area contributed by atoms with Gasteiger partial charge in [-0.25, -0.2) is 9.59 Å². The summed E-state index contributed by atoms with van der Waals surface area (Å²) in [6, 6.07) is 13.0. The molecule has 138 valence electrons. The van der Waals surface area contributed by atoms with Gasteiger partial charge in [0.25, 0.3) is 0 Å². The van der Waals surface area contributed by atoms with E-state index < -0.39 is 18.0 Å². The molecule has 0 fully saturated rings. The average molecular weight is 366 g/mol. The maximum absolute atomic E-state index is 11.9. The third-order valence-electron chi connectivity index (χ3n) is 3.33. The molecule has 0 aliphatic carbocycles. The summed E-state index contributed by atoms with van der Waals surface area (Å²) in [4.78, 5) is 33.9. The van der Waals surface area contributed by atoms with Crippen molar-refractivity contribution in [3.8, 4) is 5.75 Å². The minimum atomic E-state index is -1.05. The zero-order valence-corrected chi connectivity index (χ0v) is 14.9. The predicted molar refractivity (Wildman–Crippen MR) is 98.5 cm³/mol. The standard InChI is InChI=1S/C20H18N2O5/c1-13(2)19(24)26-14(3)20(25)27-18-10-8-17(9-11-18)22-21-16-6-4-15(12-23)5-7-16/h4-12,14H,1H2,2-3H3/t14-/m0/s1. The lowest BCUT2D eigenvalue weighted by Crippen LogP contribution is -2.28. The highest BCUT2D eigenvalue weighted by Crippen LogP contribution is 2.22. The van der Waals surface area contributed by atoms with E-state index in [1.807, 2.05) is 0 Å². The van der Waals surface area contributed by atoms with Gasteiger partial charge < -0.3 is 9.47 Å². The first-order valence-corrected chi connectivity index (χ1v) is 8.04. The molecule has 0 heterocycles. The Labute approximate surface area is 156 Å². The van der Waals surface area contributed by atoms with Gasteiger partial charge in [-0.3, -0.25) is 4.79 Å². The van der Waals surface area contributed by atoms with E-state index in [2.05, 4.69) is 16.8 Å². The van der Waals surface area contributed by atoms with E-state index in [0.29, 0.717) is 16.9 Å². The summed E-state index contributed by atoms with van der Waals surface area (Å²) in [6.07, 6.45) is -0.302. The molecule has 0 aliphatic rings. The lowest BCUT2D eigenvalue weighted by Gasteiger charge is -2.12. The summed E-state index contributed by atoms with van der Waals surface area (Å²) in [6.45, 7) is 6.36. The fraction of sp³-hybridized carbons (Fsp3) is 0.150. The minimum absolute atomic E-state index is 0.199. The second-order valence-corrected chi connectivity index (χ2v) is 5.65. The van der Waals surface area contributed by atoms with Gasteiger partial charge in [0.15, 0.2) is 6.10 Å². The minimum Gasteiger partial charge on any atom is -0.447 e. The molecule has 7 nitrogen and oxygen atoms in total. The van der Waals surface area contributed by atoms with Crippen molar-refractivity contribution >= 4 is 29.6 Å². The van der Waals surface area contributed by atoms with Gasteiger partial charge in [0.2, 0.25) is 0 Å². The van der Waals surface area contributed by atoms with Crippen molar-refractivity contribution in [2.75, 3.05) is 0 Å². The van der Waals surface area contributed by atoms with Crippen molar-refractivity contribution in [2.45, 2.75) is 20.0 Å². The highest BCUT2D eigenvalue weighted by atomic mass is 16.6. The second-order valence-electron chi connectivity index (χ2n) is 5.65. The highest BCUT2D eigenvalue weighted by molar-refractivity contribution is 5.89. The lowest BCUT2D eigenvalue weighted by atomic mass is 10.2. The quantitative estimate of drug-likeness (QED) is 0.239. The van der Waals surface area contributed by atoms with E-state index in [-0.39, 0.29) is 11.3 Å². The molecule has 27 heavy (non-hydrogen) atoms. The number of carbonyl (C=O) groups is 3. The molecule has 2 aromatic carbocycles. The Balaban J connectivity index is 1.94. The highest BCUT2D eigenvalue weighted by Gasteiger charge is 2.20. The average Bonchev–Trinajstić information content (AvgIpc) is 2.67. The molecule has 2 rings (SSSR count). The zero-order chi connectivity index (χ0) is 19.8. The summed E-state index contributed by atoms with van der Waals surface area (Å²) in [5, 5.41) is 8.12. The second kappa shape index (κ2) is 9.19. The number of hydrogen-bond donors (Lipinski definition) is 0. The third kappa shape index (κ3) is 6.00. The molecule has 0 aromatic heterocycles. The van der Waals surface area contributed by atoms with Crippen LogP contribution >= 0.6 is 0 Å². The first-order chi connectivity index (χ1) is 12.9. The monoisotopic (exact) mass is 366 g/mol. The van der Waals surface area contributed by atoms with E-state index in [4.69, 9.17) is 9.47 Å². The molecule has 0 amide bonds. The van der Waals surface area contributed by atoms with Gasteiger partial charge in [0.1, 0.15) is 12.0 Å².